The lowest BCUT2D eigenvalue weighted by molar-refractivity contribution is -0.216. The number of hydrogen-bond donors (Lipinski definition) is 1. The Kier molecular flexibility index (Phi) is 7.78. The molecule has 0 amide bonds. The normalized spacial score (nSPS) is 13.1. The van der Waals surface area contributed by atoms with E-state index in [1.165, 1.54) is 31.4 Å². The predicted octanol–water partition coefficient (Wildman–Crippen LogP) is 4.05. The summed E-state index contributed by atoms with van der Waals surface area (Å²) in [7, 11) is -1.65. The third-order valence-electron chi connectivity index (χ3n) is 3.48. The van der Waals surface area contributed by atoms with Crippen LogP contribution in [0.2, 0.25) is 0 Å². The lowest BCUT2D eigenvalue weighted by Crippen LogP contribution is -2.05. The second kappa shape index (κ2) is 10.1. The number of carbonyl (C=O) groups excluding carboxylic acids is 1. The van der Waals surface area contributed by atoms with Gasteiger partial charge >= 0.3 is 7.82 Å². The summed E-state index contributed by atoms with van der Waals surface area (Å²) in [6.07, 6.45) is 2.89. The minimum Gasteiger partial charge on any atom is -0.497 e. The van der Waals surface area contributed by atoms with Gasteiger partial charge in [0.05, 0.1) is 20.8 Å². The SMILES string of the molecule is CCOOP(=O)(O)Oc1cccc(OC)c1C(=O)C=Cc1ccc(OC)cc1. The maximum Gasteiger partial charge on any atom is 0.555 e. The number of ketones is 1. The molecule has 2 aromatic carbocycles. The minimum absolute atomic E-state index is 0.0239. The monoisotopic (exact) mass is 408 g/mol. The Labute approximate surface area is 162 Å². The van der Waals surface area contributed by atoms with Crippen LogP contribution in [-0.2, 0) is 14.1 Å². The lowest BCUT2D eigenvalue weighted by atomic mass is 10.1. The van der Waals surface area contributed by atoms with Crippen LogP contribution in [0.5, 0.6) is 17.2 Å². The van der Waals surface area contributed by atoms with Crippen LogP contribution in [0.3, 0.4) is 0 Å². The summed E-state index contributed by atoms with van der Waals surface area (Å²) in [5.41, 5.74) is 0.739. The van der Waals surface area contributed by atoms with Crippen molar-refractivity contribution in [1.82, 2.24) is 0 Å². The van der Waals surface area contributed by atoms with Gasteiger partial charge in [-0.2, -0.15) is 0 Å². The molecule has 1 atom stereocenters. The summed E-state index contributed by atoms with van der Waals surface area (Å²) in [5.74, 6) is 0.212. The molecule has 0 aliphatic heterocycles. The van der Waals surface area contributed by atoms with Gasteiger partial charge in [0.2, 0.25) is 0 Å². The van der Waals surface area contributed by atoms with E-state index >= 15 is 0 Å². The number of benzene rings is 2. The van der Waals surface area contributed by atoms with Crippen molar-refractivity contribution in [3.63, 3.8) is 0 Å². The highest BCUT2D eigenvalue weighted by molar-refractivity contribution is 7.47. The van der Waals surface area contributed by atoms with Crippen LogP contribution in [-0.4, -0.2) is 31.5 Å². The fourth-order valence-corrected chi connectivity index (χ4v) is 2.90. The van der Waals surface area contributed by atoms with Gasteiger partial charge in [0, 0.05) is 0 Å². The summed E-state index contributed by atoms with van der Waals surface area (Å²) >= 11 is 0. The van der Waals surface area contributed by atoms with Crippen molar-refractivity contribution in [3.8, 4) is 17.2 Å². The smallest absolute Gasteiger partial charge is 0.497 e. The van der Waals surface area contributed by atoms with Gasteiger partial charge in [0.25, 0.3) is 0 Å². The van der Waals surface area contributed by atoms with Gasteiger partial charge in [-0.3, -0.25) is 9.69 Å². The van der Waals surface area contributed by atoms with Gasteiger partial charge in [0.15, 0.2) is 5.78 Å². The Morgan fingerprint density at radius 3 is 2.36 bits per heavy atom. The molecule has 1 unspecified atom stereocenters. The quantitative estimate of drug-likeness (QED) is 0.207. The molecule has 0 fully saturated rings. The molecule has 0 radical (unpaired) electrons. The molecular weight excluding hydrogens is 387 g/mol. The first-order valence-corrected chi connectivity index (χ1v) is 9.76. The summed E-state index contributed by atoms with van der Waals surface area (Å²) in [4.78, 5) is 26.9. The molecule has 0 aromatic heterocycles. The summed E-state index contributed by atoms with van der Waals surface area (Å²) in [5, 5.41) is 0. The average Bonchev–Trinajstić information content (AvgIpc) is 2.70. The highest BCUT2D eigenvalue weighted by atomic mass is 31.2. The predicted molar refractivity (Wildman–Crippen MR) is 103 cm³/mol. The largest absolute Gasteiger partial charge is 0.555 e. The second-order valence-corrected chi connectivity index (χ2v) is 6.61. The van der Waals surface area contributed by atoms with Crippen LogP contribution >= 0.6 is 7.82 Å². The first-order valence-electron chi connectivity index (χ1n) is 8.27. The standard InChI is InChI=1S/C19H21O8P/c1-4-25-27-28(21,22)26-18-7-5-6-17(24-3)19(18)16(20)13-10-14-8-11-15(23-2)12-9-14/h5-13H,4H2,1-3H3,(H,21,22). The van der Waals surface area contributed by atoms with E-state index in [0.717, 1.165) is 5.56 Å². The highest BCUT2D eigenvalue weighted by Crippen LogP contribution is 2.46. The first-order chi connectivity index (χ1) is 13.4. The van der Waals surface area contributed by atoms with Gasteiger partial charge in [-0.1, -0.05) is 24.3 Å². The fraction of sp³-hybridized carbons (Fsp3) is 0.211. The topological polar surface area (TPSA) is 101 Å². The summed E-state index contributed by atoms with van der Waals surface area (Å²) in [6.45, 7) is 1.62. The Morgan fingerprint density at radius 1 is 1.07 bits per heavy atom. The third-order valence-corrected chi connectivity index (χ3v) is 4.20. The molecule has 2 aromatic rings. The minimum atomic E-state index is -4.58. The zero-order chi connectivity index (χ0) is 20.6. The number of hydrogen-bond acceptors (Lipinski definition) is 7. The number of phosphoric ester groups is 1. The van der Waals surface area contributed by atoms with E-state index in [0.29, 0.717) is 5.75 Å². The zero-order valence-electron chi connectivity index (χ0n) is 15.7. The molecule has 150 valence electrons. The third kappa shape index (κ3) is 5.94. The Bertz CT molecular complexity index is 876. The molecule has 1 N–H and O–H groups in total. The molecule has 28 heavy (non-hydrogen) atoms. The van der Waals surface area contributed by atoms with E-state index < -0.39 is 13.6 Å². The van der Waals surface area contributed by atoms with E-state index in [1.807, 2.05) is 0 Å². The van der Waals surface area contributed by atoms with Crippen molar-refractivity contribution in [2.45, 2.75) is 6.92 Å². The summed E-state index contributed by atoms with van der Waals surface area (Å²) < 4.78 is 31.6. The molecule has 0 aliphatic carbocycles. The molecule has 0 saturated heterocycles. The first kappa shape index (κ1) is 21.7. The van der Waals surface area contributed by atoms with Crippen LogP contribution < -0.4 is 14.0 Å². The molecule has 9 heteroatoms. The number of methoxy groups -OCH3 is 2. The van der Waals surface area contributed by atoms with Crippen LogP contribution in [0.4, 0.5) is 0 Å². The number of allylic oxidation sites excluding steroid dienone is 1. The molecule has 0 spiro atoms. The van der Waals surface area contributed by atoms with Crippen molar-refractivity contribution in [2.75, 3.05) is 20.8 Å². The lowest BCUT2D eigenvalue weighted by Gasteiger charge is -2.15. The van der Waals surface area contributed by atoms with Crippen LogP contribution in [0, 0.1) is 0 Å². The maximum absolute atomic E-state index is 12.7. The number of phosphoric acid groups is 1. The van der Waals surface area contributed by atoms with Crippen LogP contribution in [0.25, 0.3) is 6.08 Å². The van der Waals surface area contributed by atoms with Crippen LogP contribution in [0.15, 0.2) is 48.5 Å². The Balaban J connectivity index is 2.30. The van der Waals surface area contributed by atoms with Crippen molar-refractivity contribution in [1.29, 1.82) is 0 Å². The second-order valence-electron chi connectivity index (χ2n) is 5.35. The molecule has 2 rings (SSSR count). The van der Waals surface area contributed by atoms with Crippen molar-refractivity contribution in [2.24, 2.45) is 0 Å². The fourth-order valence-electron chi connectivity index (χ4n) is 2.23. The Hall–Kier alpha value is -2.64. The van der Waals surface area contributed by atoms with Gasteiger partial charge in [0.1, 0.15) is 22.8 Å². The Morgan fingerprint density at radius 2 is 1.75 bits per heavy atom. The van der Waals surface area contributed by atoms with Crippen molar-refractivity contribution < 1.29 is 37.8 Å². The summed E-state index contributed by atoms with van der Waals surface area (Å²) in [6, 6.07) is 11.5. The van der Waals surface area contributed by atoms with E-state index in [2.05, 4.69) is 9.56 Å². The molecule has 0 heterocycles. The molecule has 0 bridgehead atoms. The van der Waals surface area contributed by atoms with E-state index in [-0.39, 0.29) is 23.7 Å². The number of rotatable bonds is 10. The molecular formula is C19H21O8P. The average molecular weight is 408 g/mol. The van der Waals surface area contributed by atoms with Gasteiger partial charge in [-0.15, -0.1) is 4.67 Å². The molecule has 8 nitrogen and oxygen atoms in total. The molecule has 0 saturated carbocycles. The van der Waals surface area contributed by atoms with E-state index in [1.54, 1.807) is 44.4 Å². The van der Waals surface area contributed by atoms with Crippen LogP contribution in [0.1, 0.15) is 22.8 Å². The number of carbonyl (C=O) groups is 1. The number of ether oxygens (including phenoxy) is 2. The van der Waals surface area contributed by atoms with Crippen molar-refractivity contribution >= 4 is 19.7 Å². The van der Waals surface area contributed by atoms with Gasteiger partial charge < -0.3 is 14.0 Å². The highest BCUT2D eigenvalue weighted by Gasteiger charge is 2.28. The maximum atomic E-state index is 12.7. The van der Waals surface area contributed by atoms with E-state index in [4.69, 9.17) is 14.0 Å². The van der Waals surface area contributed by atoms with Crippen molar-refractivity contribution in [3.05, 3.63) is 59.7 Å². The zero-order valence-corrected chi connectivity index (χ0v) is 16.5. The van der Waals surface area contributed by atoms with Gasteiger partial charge in [-0.05, 0) is 42.8 Å². The van der Waals surface area contributed by atoms with Gasteiger partial charge in [-0.25, -0.2) is 9.45 Å². The van der Waals surface area contributed by atoms with E-state index in [9.17, 15) is 14.3 Å². The molecule has 0 aliphatic rings.